The number of H-pyrrole nitrogens is 1. The van der Waals surface area contributed by atoms with Gasteiger partial charge < -0.3 is 15.0 Å². The molecule has 2 aromatic carbocycles. The van der Waals surface area contributed by atoms with Gasteiger partial charge in [0.1, 0.15) is 5.75 Å². The topological polar surface area (TPSA) is 67.0 Å². The number of aromatic nitrogens is 2. The third-order valence-corrected chi connectivity index (χ3v) is 5.41. The molecule has 0 saturated heterocycles. The molecular weight excluding hydrogens is 386 g/mol. The lowest BCUT2D eigenvalue weighted by molar-refractivity contribution is -0.121. The van der Waals surface area contributed by atoms with Crippen molar-refractivity contribution in [1.82, 2.24) is 15.3 Å². The number of nitrogens with zero attached hydrogens (tertiary/aromatic N) is 1. The number of benzene rings is 2. The fraction of sp³-hybridized carbons (Fsp3) is 0.231. The lowest BCUT2D eigenvalue weighted by Gasteiger charge is -2.18. The van der Waals surface area contributed by atoms with E-state index in [1.807, 2.05) is 55.6 Å². The first-order valence-corrected chi connectivity index (χ1v) is 10.7. The molecule has 2 aromatic heterocycles. The minimum atomic E-state index is -0.0540. The molecule has 0 radical (unpaired) electrons. The smallest absolute Gasteiger partial charge is 0.220 e. The van der Waals surface area contributed by atoms with E-state index in [-0.39, 0.29) is 11.8 Å². The molecule has 4 rings (SSSR count). The van der Waals surface area contributed by atoms with Crippen molar-refractivity contribution in [3.8, 4) is 5.75 Å². The number of hydrogen-bond acceptors (Lipinski definition) is 3. The van der Waals surface area contributed by atoms with Gasteiger partial charge in [0.15, 0.2) is 0 Å². The number of aromatic amines is 1. The van der Waals surface area contributed by atoms with E-state index < -0.39 is 0 Å². The van der Waals surface area contributed by atoms with Crippen molar-refractivity contribution in [2.75, 3.05) is 13.2 Å². The van der Waals surface area contributed by atoms with Gasteiger partial charge in [0.2, 0.25) is 5.91 Å². The predicted octanol–water partition coefficient (Wildman–Crippen LogP) is 4.84. The maximum absolute atomic E-state index is 12.9. The van der Waals surface area contributed by atoms with Crippen LogP contribution in [0.25, 0.3) is 10.9 Å². The SMILES string of the molecule is CCOc1ccc([C@H](CC(=O)NCCc2ccccn2)c2c[nH]c3ccccc23)cc1. The zero-order valence-electron chi connectivity index (χ0n) is 17.7. The molecule has 0 aliphatic heterocycles. The van der Waals surface area contributed by atoms with Crippen molar-refractivity contribution >= 4 is 16.8 Å². The Morgan fingerprint density at radius 3 is 2.65 bits per heavy atom. The van der Waals surface area contributed by atoms with Crippen molar-refractivity contribution < 1.29 is 9.53 Å². The van der Waals surface area contributed by atoms with Crippen LogP contribution < -0.4 is 10.1 Å². The minimum Gasteiger partial charge on any atom is -0.494 e. The quantitative estimate of drug-likeness (QED) is 0.412. The monoisotopic (exact) mass is 413 g/mol. The van der Waals surface area contributed by atoms with E-state index in [4.69, 9.17) is 4.74 Å². The van der Waals surface area contributed by atoms with Crippen LogP contribution in [0.3, 0.4) is 0 Å². The van der Waals surface area contributed by atoms with Crippen LogP contribution in [-0.4, -0.2) is 29.0 Å². The van der Waals surface area contributed by atoms with Crippen molar-refractivity contribution in [3.05, 3.63) is 95.9 Å². The summed E-state index contributed by atoms with van der Waals surface area (Å²) in [7, 11) is 0. The summed E-state index contributed by atoms with van der Waals surface area (Å²) in [6, 6.07) is 22.1. The second kappa shape index (κ2) is 9.94. The van der Waals surface area contributed by atoms with E-state index in [0.717, 1.165) is 33.5 Å². The number of nitrogens with one attached hydrogen (secondary N) is 2. The molecule has 158 valence electrons. The Labute approximate surface area is 182 Å². The number of pyridine rings is 1. The second-order valence-corrected chi connectivity index (χ2v) is 7.47. The summed E-state index contributed by atoms with van der Waals surface area (Å²) in [6.45, 7) is 3.17. The number of carbonyl (C=O) groups excluding carboxylic acids is 1. The minimum absolute atomic E-state index is 0.0279. The highest BCUT2D eigenvalue weighted by Gasteiger charge is 2.21. The van der Waals surface area contributed by atoms with Gasteiger partial charge in [0, 0.05) is 54.3 Å². The Morgan fingerprint density at radius 1 is 1.06 bits per heavy atom. The zero-order chi connectivity index (χ0) is 21.5. The second-order valence-electron chi connectivity index (χ2n) is 7.47. The van der Waals surface area contributed by atoms with Crippen LogP contribution in [0.2, 0.25) is 0 Å². The largest absolute Gasteiger partial charge is 0.494 e. The van der Waals surface area contributed by atoms with Crippen molar-refractivity contribution in [2.24, 2.45) is 0 Å². The highest BCUT2D eigenvalue weighted by atomic mass is 16.5. The molecule has 0 unspecified atom stereocenters. The number of amides is 1. The molecule has 1 atom stereocenters. The summed E-state index contributed by atoms with van der Waals surface area (Å²) in [5.74, 6) is 0.811. The van der Waals surface area contributed by atoms with Crippen LogP contribution in [-0.2, 0) is 11.2 Å². The molecular formula is C26H27N3O2. The van der Waals surface area contributed by atoms with Gasteiger partial charge in [-0.25, -0.2) is 0 Å². The lowest BCUT2D eigenvalue weighted by atomic mass is 9.88. The van der Waals surface area contributed by atoms with Crippen molar-refractivity contribution in [1.29, 1.82) is 0 Å². The molecule has 5 heteroatoms. The molecule has 5 nitrogen and oxygen atoms in total. The molecule has 2 heterocycles. The van der Waals surface area contributed by atoms with Crippen LogP contribution >= 0.6 is 0 Å². The maximum Gasteiger partial charge on any atom is 0.220 e. The average Bonchev–Trinajstić information content (AvgIpc) is 3.23. The Kier molecular flexibility index (Phi) is 6.62. The molecule has 0 spiro atoms. The Bertz CT molecular complexity index is 1120. The van der Waals surface area contributed by atoms with Gasteiger partial charge in [-0.05, 0) is 48.4 Å². The van der Waals surface area contributed by atoms with Gasteiger partial charge in [-0.3, -0.25) is 9.78 Å². The van der Waals surface area contributed by atoms with Gasteiger partial charge >= 0.3 is 0 Å². The summed E-state index contributed by atoms with van der Waals surface area (Å²) in [5, 5.41) is 4.20. The van der Waals surface area contributed by atoms with Gasteiger partial charge in [-0.1, -0.05) is 36.4 Å². The Hall–Kier alpha value is -3.60. The lowest BCUT2D eigenvalue weighted by Crippen LogP contribution is -2.27. The summed E-state index contributed by atoms with van der Waals surface area (Å²) in [5.41, 5.74) is 4.26. The molecule has 0 bridgehead atoms. The number of fused-ring (bicyclic) bond motifs is 1. The first-order chi connectivity index (χ1) is 15.2. The van der Waals surface area contributed by atoms with E-state index in [1.165, 1.54) is 0 Å². The van der Waals surface area contributed by atoms with Crippen LogP contribution in [0.15, 0.2) is 79.1 Å². The third kappa shape index (κ3) is 5.12. The molecule has 0 aliphatic carbocycles. The molecule has 4 aromatic rings. The Balaban J connectivity index is 1.53. The number of rotatable bonds is 9. The average molecular weight is 414 g/mol. The van der Waals surface area contributed by atoms with Gasteiger partial charge in [0.25, 0.3) is 0 Å². The zero-order valence-corrected chi connectivity index (χ0v) is 17.7. The summed E-state index contributed by atoms with van der Waals surface area (Å²) in [4.78, 5) is 20.5. The summed E-state index contributed by atoms with van der Waals surface area (Å²) < 4.78 is 5.59. The van der Waals surface area contributed by atoms with E-state index in [0.29, 0.717) is 26.0 Å². The third-order valence-electron chi connectivity index (χ3n) is 5.41. The predicted molar refractivity (Wildman–Crippen MR) is 123 cm³/mol. The normalized spacial score (nSPS) is 11.9. The van der Waals surface area contributed by atoms with Gasteiger partial charge in [0.05, 0.1) is 6.61 Å². The van der Waals surface area contributed by atoms with Gasteiger partial charge in [-0.2, -0.15) is 0 Å². The maximum atomic E-state index is 12.9. The molecule has 0 fully saturated rings. The van der Waals surface area contributed by atoms with Crippen LogP contribution in [0, 0.1) is 0 Å². The van der Waals surface area contributed by atoms with E-state index in [9.17, 15) is 4.79 Å². The summed E-state index contributed by atoms with van der Waals surface area (Å²) in [6.07, 6.45) is 4.88. The molecule has 1 amide bonds. The van der Waals surface area contributed by atoms with E-state index in [2.05, 4.69) is 39.6 Å². The molecule has 2 N–H and O–H groups in total. The molecule has 31 heavy (non-hydrogen) atoms. The standard InChI is InChI=1S/C26H27N3O2/c1-2-31-21-12-10-19(11-13-21)23(24-18-29-25-9-4-3-8-22(24)25)17-26(30)28-16-14-20-7-5-6-15-27-20/h3-13,15,18,23,29H,2,14,16-17H2,1H3,(H,28,30)/t23-/m0/s1. The van der Waals surface area contributed by atoms with Crippen LogP contribution in [0.5, 0.6) is 5.75 Å². The molecule has 0 aliphatic rings. The molecule has 0 saturated carbocycles. The van der Waals surface area contributed by atoms with E-state index in [1.54, 1.807) is 6.20 Å². The van der Waals surface area contributed by atoms with Gasteiger partial charge in [-0.15, -0.1) is 0 Å². The highest BCUT2D eigenvalue weighted by Crippen LogP contribution is 2.34. The Morgan fingerprint density at radius 2 is 1.87 bits per heavy atom. The fourth-order valence-electron chi connectivity index (χ4n) is 3.89. The summed E-state index contributed by atoms with van der Waals surface area (Å²) >= 11 is 0. The van der Waals surface area contributed by atoms with Crippen LogP contribution in [0.4, 0.5) is 0 Å². The first-order valence-electron chi connectivity index (χ1n) is 10.7. The van der Waals surface area contributed by atoms with Crippen molar-refractivity contribution in [3.63, 3.8) is 0 Å². The number of hydrogen-bond donors (Lipinski definition) is 2. The number of ether oxygens (including phenoxy) is 1. The van der Waals surface area contributed by atoms with Crippen LogP contribution in [0.1, 0.15) is 36.1 Å². The first kappa shape index (κ1) is 20.7. The number of para-hydroxylation sites is 1. The number of carbonyl (C=O) groups is 1. The van der Waals surface area contributed by atoms with E-state index >= 15 is 0 Å². The highest BCUT2D eigenvalue weighted by molar-refractivity contribution is 5.86. The van der Waals surface area contributed by atoms with Crippen molar-refractivity contribution in [2.45, 2.75) is 25.7 Å². The fourth-order valence-corrected chi connectivity index (χ4v) is 3.89.